The quantitative estimate of drug-likeness (QED) is 0.527. The van der Waals surface area contributed by atoms with Crippen molar-refractivity contribution in [3.63, 3.8) is 0 Å². The number of rotatable bonds is 6. The molecule has 0 radical (unpaired) electrons. The van der Waals surface area contributed by atoms with Gasteiger partial charge in [0.05, 0.1) is 6.04 Å². The molecular formula is C26H24ClNO5. The van der Waals surface area contributed by atoms with Crippen LogP contribution in [-0.4, -0.2) is 35.2 Å². The second kappa shape index (κ2) is 9.96. The van der Waals surface area contributed by atoms with E-state index in [1.54, 1.807) is 23.1 Å². The molecule has 0 saturated heterocycles. The fraction of sp³-hybridized carbons (Fsp3) is 0.231. The first-order chi connectivity index (χ1) is 15.9. The molecule has 170 valence electrons. The molecule has 1 aliphatic heterocycles. The normalized spacial score (nSPS) is 15.0. The summed E-state index contributed by atoms with van der Waals surface area (Å²) in [6.07, 6.45) is 0.222. The van der Waals surface area contributed by atoms with Gasteiger partial charge in [0, 0.05) is 17.1 Å². The second-order valence-corrected chi connectivity index (χ2v) is 8.33. The van der Waals surface area contributed by atoms with Crippen LogP contribution in [0.15, 0.2) is 66.7 Å². The molecule has 0 fully saturated rings. The van der Waals surface area contributed by atoms with Crippen molar-refractivity contribution in [2.75, 3.05) is 13.2 Å². The zero-order chi connectivity index (χ0) is 23.4. The van der Waals surface area contributed by atoms with Crippen molar-refractivity contribution >= 4 is 23.7 Å². The Balaban J connectivity index is 1.69. The second-order valence-electron chi connectivity index (χ2n) is 7.89. The molecule has 1 atom stereocenters. The van der Waals surface area contributed by atoms with E-state index in [0.717, 1.165) is 22.3 Å². The number of nitrogens with zero attached hydrogens (tertiary/aromatic N) is 1. The Bertz CT molecular complexity index is 1180. The highest BCUT2D eigenvalue weighted by atomic mass is 35.5. The van der Waals surface area contributed by atoms with Crippen LogP contribution in [0.2, 0.25) is 5.02 Å². The predicted molar refractivity (Wildman–Crippen MR) is 125 cm³/mol. The average molecular weight is 466 g/mol. The van der Waals surface area contributed by atoms with Crippen molar-refractivity contribution < 1.29 is 24.2 Å². The number of carboxylic acids is 1. The van der Waals surface area contributed by atoms with Gasteiger partial charge in [0.25, 0.3) is 0 Å². The number of halogens is 1. The van der Waals surface area contributed by atoms with Gasteiger partial charge in [0.15, 0.2) is 6.61 Å². The molecule has 3 aromatic carbocycles. The Morgan fingerprint density at radius 1 is 1.06 bits per heavy atom. The van der Waals surface area contributed by atoms with E-state index < -0.39 is 24.7 Å². The number of hydrogen-bond donors (Lipinski definition) is 1. The summed E-state index contributed by atoms with van der Waals surface area (Å²) in [4.78, 5) is 26.0. The van der Waals surface area contributed by atoms with E-state index in [9.17, 15) is 9.59 Å². The van der Waals surface area contributed by atoms with Gasteiger partial charge >= 0.3 is 12.1 Å². The number of carbonyl (C=O) groups is 2. The fourth-order valence-corrected chi connectivity index (χ4v) is 4.28. The lowest BCUT2D eigenvalue weighted by Gasteiger charge is -2.37. The zero-order valence-corrected chi connectivity index (χ0v) is 18.9. The van der Waals surface area contributed by atoms with Crippen LogP contribution >= 0.6 is 11.6 Å². The van der Waals surface area contributed by atoms with Gasteiger partial charge in [-0.1, -0.05) is 60.1 Å². The zero-order valence-electron chi connectivity index (χ0n) is 18.2. The molecule has 1 unspecified atom stereocenters. The molecule has 6 nitrogen and oxygen atoms in total. The minimum atomic E-state index is -1.09. The standard InChI is InChI=1S/C26H24ClNO5/c1-17-6-2-3-8-19(17)15-33-26(31)28-13-12-18-7-4-5-9-21(18)25(28)22-14-20(27)10-11-23(22)32-16-24(29)30/h2-11,14,25H,12-13,15-16H2,1H3,(H,29,30). The van der Waals surface area contributed by atoms with E-state index in [1.165, 1.54) is 0 Å². The fourth-order valence-electron chi connectivity index (χ4n) is 4.10. The molecule has 0 aliphatic carbocycles. The van der Waals surface area contributed by atoms with Crippen molar-refractivity contribution in [3.05, 3.63) is 99.6 Å². The summed E-state index contributed by atoms with van der Waals surface area (Å²) >= 11 is 6.31. The number of ether oxygens (including phenoxy) is 2. The molecular weight excluding hydrogens is 442 g/mol. The summed E-state index contributed by atoms with van der Waals surface area (Å²) in [6.45, 7) is 2.08. The number of benzene rings is 3. The lowest BCUT2D eigenvalue weighted by atomic mass is 9.88. The number of carbonyl (C=O) groups excluding carboxylic acids is 1. The third kappa shape index (κ3) is 5.12. The highest BCUT2D eigenvalue weighted by Gasteiger charge is 2.35. The van der Waals surface area contributed by atoms with Crippen LogP contribution in [0.5, 0.6) is 5.75 Å². The molecule has 0 saturated carbocycles. The van der Waals surface area contributed by atoms with Gasteiger partial charge < -0.3 is 14.6 Å². The van der Waals surface area contributed by atoms with Crippen molar-refractivity contribution in [2.24, 2.45) is 0 Å². The minimum Gasteiger partial charge on any atom is -0.482 e. The highest BCUT2D eigenvalue weighted by molar-refractivity contribution is 6.30. The van der Waals surface area contributed by atoms with Crippen LogP contribution in [0, 0.1) is 6.92 Å². The maximum Gasteiger partial charge on any atom is 0.410 e. The Morgan fingerprint density at radius 3 is 2.61 bits per heavy atom. The van der Waals surface area contributed by atoms with Crippen molar-refractivity contribution in [1.82, 2.24) is 4.90 Å². The lowest BCUT2D eigenvalue weighted by molar-refractivity contribution is -0.139. The first kappa shape index (κ1) is 22.7. The minimum absolute atomic E-state index is 0.161. The number of hydrogen-bond acceptors (Lipinski definition) is 4. The van der Waals surface area contributed by atoms with Crippen LogP contribution in [0.25, 0.3) is 0 Å². The van der Waals surface area contributed by atoms with Gasteiger partial charge in [-0.05, 0) is 53.8 Å². The molecule has 4 rings (SSSR count). The Hall–Kier alpha value is -3.51. The molecule has 0 bridgehead atoms. The first-order valence-electron chi connectivity index (χ1n) is 10.6. The van der Waals surface area contributed by atoms with Crippen LogP contribution in [0.4, 0.5) is 4.79 Å². The maximum absolute atomic E-state index is 13.3. The average Bonchev–Trinajstić information content (AvgIpc) is 2.81. The van der Waals surface area contributed by atoms with E-state index in [2.05, 4.69) is 0 Å². The molecule has 7 heteroatoms. The van der Waals surface area contributed by atoms with Gasteiger partial charge in [-0.15, -0.1) is 0 Å². The monoisotopic (exact) mass is 465 g/mol. The van der Waals surface area contributed by atoms with Gasteiger partial charge in [-0.25, -0.2) is 9.59 Å². The van der Waals surface area contributed by atoms with Gasteiger partial charge in [0.2, 0.25) is 0 Å². The summed E-state index contributed by atoms with van der Waals surface area (Å²) in [7, 11) is 0. The summed E-state index contributed by atoms with van der Waals surface area (Å²) < 4.78 is 11.3. The van der Waals surface area contributed by atoms with E-state index in [4.69, 9.17) is 26.2 Å². The highest BCUT2D eigenvalue weighted by Crippen LogP contribution is 2.40. The van der Waals surface area contributed by atoms with Crippen LogP contribution in [0.3, 0.4) is 0 Å². The first-order valence-corrected chi connectivity index (χ1v) is 11.0. The van der Waals surface area contributed by atoms with Gasteiger partial charge in [0.1, 0.15) is 12.4 Å². The van der Waals surface area contributed by atoms with Gasteiger partial charge in [-0.2, -0.15) is 0 Å². The summed E-state index contributed by atoms with van der Waals surface area (Å²) in [5.41, 5.74) is 4.63. The molecule has 1 amide bonds. The Labute approximate surface area is 197 Å². The summed E-state index contributed by atoms with van der Waals surface area (Å²) in [6, 6.07) is 20.1. The molecule has 0 spiro atoms. The van der Waals surface area contributed by atoms with E-state index >= 15 is 0 Å². The summed E-state index contributed by atoms with van der Waals surface area (Å²) in [5.74, 6) is -0.727. The van der Waals surface area contributed by atoms with Crippen molar-refractivity contribution in [3.8, 4) is 5.75 Å². The lowest BCUT2D eigenvalue weighted by Crippen LogP contribution is -2.41. The third-order valence-corrected chi connectivity index (χ3v) is 5.98. The number of aliphatic carboxylic acids is 1. The number of aryl methyl sites for hydroxylation is 1. The van der Waals surface area contributed by atoms with Crippen molar-refractivity contribution in [2.45, 2.75) is 26.0 Å². The van der Waals surface area contributed by atoms with Crippen LogP contribution < -0.4 is 4.74 Å². The van der Waals surface area contributed by atoms with Gasteiger partial charge in [-0.3, -0.25) is 4.90 Å². The Kier molecular flexibility index (Phi) is 6.84. The number of carboxylic acid groups (broad SMARTS) is 1. The topological polar surface area (TPSA) is 76.1 Å². The molecule has 1 aliphatic rings. The molecule has 33 heavy (non-hydrogen) atoms. The van der Waals surface area contributed by atoms with E-state index in [1.807, 2.05) is 55.5 Å². The smallest absolute Gasteiger partial charge is 0.410 e. The molecule has 1 heterocycles. The van der Waals surface area contributed by atoms with E-state index in [0.29, 0.717) is 29.3 Å². The van der Waals surface area contributed by atoms with E-state index in [-0.39, 0.29) is 6.61 Å². The van der Waals surface area contributed by atoms with Crippen molar-refractivity contribution in [1.29, 1.82) is 0 Å². The van der Waals surface area contributed by atoms with Crippen LogP contribution in [0.1, 0.15) is 33.9 Å². The number of amides is 1. The SMILES string of the molecule is Cc1ccccc1COC(=O)N1CCc2ccccc2C1c1cc(Cl)ccc1OCC(=O)O. The number of fused-ring (bicyclic) bond motifs is 1. The summed E-state index contributed by atoms with van der Waals surface area (Å²) in [5, 5.41) is 9.56. The predicted octanol–water partition coefficient (Wildman–Crippen LogP) is 5.40. The largest absolute Gasteiger partial charge is 0.482 e. The molecule has 3 aromatic rings. The molecule has 1 N–H and O–H groups in total. The Morgan fingerprint density at radius 2 is 1.82 bits per heavy atom. The van der Waals surface area contributed by atoms with Crippen LogP contribution in [-0.2, 0) is 22.6 Å². The molecule has 0 aromatic heterocycles. The third-order valence-electron chi connectivity index (χ3n) is 5.75. The maximum atomic E-state index is 13.3.